The van der Waals surface area contributed by atoms with Gasteiger partial charge >= 0.3 is 211 Å². The van der Waals surface area contributed by atoms with Gasteiger partial charge in [-0.2, -0.15) is 0 Å². The van der Waals surface area contributed by atoms with Crippen LogP contribution >= 0.6 is 0 Å². The Hall–Kier alpha value is -3.15. The summed E-state index contributed by atoms with van der Waals surface area (Å²) in [7, 11) is 1.57. The summed E-state index contributed by atoms with van der Waals surface area (Å²) in [4.78, 5) is 40.5. The van der Waals surface area contributed by atoms with Crippen molar-refractivity contribution in [2.45, 2.75) is 70.5 Å². The molecule has 202 valence electrons. The minimum atomic E-state index is -1.07. The molecule has 2 aromatic carbocycles. The van der Waals surface area contributed by atoms with Crippen LogP contribution in [0.25, 0.3) is 10.9 Å². The van der Waals surface area contributed by atoms with Gasteiger partial charge in [0.25, 0.3) is 0 Å². The Labute approximate surface area is 231 Å². The minimum Gasteiger partial charge on any atom is -0.0253 e. The van der Waals surface area contributed by atoms with Gasteiger partial charge < -0.3 is 0 Å². The molecule has 0 saturated heterocycles. The first-order chi connectivity index (χ1) is 17.7. The average molecular weight is 632 g/mol. The van der Waals surface area contributed by atoms with Gasteiger partial charge in [0.1, 0.15) is 0 Å². The number of ether oxygens (including phenoxy) is 3. The SMILES string of the molecule is COc1ccc2c(c1)[C@]1(C[C@H]1c1ccc3c([I-]C(=O)OC(C)(C)C)[nH]nc3c1)C(=O)N2C(=O)OC(C)(C)C. The zero-order valence-electron chi connectivity index (χ0n) is 22.5. The number of carbonyl (C=O) groups excluding carboxylic acids is 3. The van der Waals surface area contributed by atoms with Crippen LogP contribution in [-0.2, 0) is 19.7 Å². The number of benzene rings is 2. The summed E-state index contributed by atoms with van der Waals surface area (Å²) in [6.07, 6.45) is -0.131. The number of carbonyl (C=O) groups is 3. The number of hydrogen-bond donors (Lipinski definition) is 1. The molecule has 1 aromatic heterocycles. The molecule has 2 amide bonds. The predicted molar refractivity (Wildman–Crippen MR) is 137 cm³/mol. The summed E-state index contributed by atoms with van der Waals surface area (Å²) < 4.78 is 17.1. The van der Waals surface area contributed by atoms with Gasteiger partial charge in [0.05, 0.1) is 0 Å². The molecule has 1 aliphatic carbocycles. The molecule has 1 saturated carbocycles. The van der Waals surface area contributed by atoms with Crippen molar-refractivity contribution in [3.8, 4) is 5.75 Å². The zero-order valence-corrected chi connectivity index (χ0v) is 24.6. The number of imide groups is 1. The second-order valence-corrected chi connectivity index (χ2v) is 14.1. The molecule has 0 radical (unpaired) electrons. The number of aromatic amines is 1. The smallest absolute Gasteiger partial charge is 0.0253 e. The van der Waals surface area contributed by atoms with Crippen LogP contribution in [0.15, 0.2) is 36.4 Å². The monoisotopic (exact) mass is 632 g/mol. The summed E-state index contributed by atoms with van der Waals surface area (Å²) >= 11 is -1.07. The van der Waals surface area contributed by atoms with E-state index >= 15 is 0 Å². The number of H-pyrrole nitrogens is 1. The van der Waals surface area contributed by atoms with Crippen molar-refractivity contribution in [1.82, 2.24) is 10.2 Å². The number of amides is 2. The van der Waals surface area contributed by atoms with Crippen LogP contribution in [0.1, 0.15) is 65.0 Å². The normalized spacial score (nSPS) is 20.7. The molecule has 1 aliphatic heterocycles. The molecular formula is C28H31IN3O6-. The molecule has 1 fully saturated rings. The third-order valence-corrected chi connectivity index (χ3v) is 8.56. The van der Waals surface area contributed by atoms with E-state index in [0.717, 1.165) is 30.6 Å². The van der Waals surface area contributed by atoms with E-state index in [2.05, 4.69) is 10.2 Å². The number of anilines is 1. The summed E-state index contributed by atoms with van der Waals surface area (Å²) in [6, 6.07) is 11.2. The Morgan fingerprint density at radius 1 is 1.05 bits per heavy atom. The predicted octanol–water partition coefficient (Wildman–Crippen LogP) is 2.47. The maximum atomic E-state index is 13.9. The fourth-order valence-corrected chi connectivity index (χ4v) is 7.13. The first-order valence-electron chi connectivity index (χ1n) is 12.4. The fraction of sp³-hybridized carbons (Fsp3) is 0.429. The van der Waals surface area contributed by atoms with E-state index in [1.54, 1.807) is 40.0 Å². The van der Waals surface area contributed by atoms with Gasteiger partial charge in [0, 0.05) is 0 Å². The molecule has 1 spiro atoms. The van der Waals surface area contributed by atoms with E-state index in [0.29, 0.717) is 17.9 Å². The van der Waals surface area contributed by atoms with Gasteiger partial charge in [-0.3, -0.25) is 0 Å². The van der Waals surface area contributed by atoms with Crippen LogP contribution in [0.4, 0.5) is 15.3 Å². The zero-order chi connectivity index (χ0) is 27.6. The molecule has 3 aromatic rings. The van der Waals surface area contributed by atoms with Gasteiger partial charge in [0.2, 0.25) is 0 Å². The van der Waals surface area contributed by atoms with E-state index in [4.69, 9.17) is 14.2 Å². The first kappa shape index (κ1) is 26.5. The van der Waals surface area contributed by atoms with Crippen LogP contribution in [0.5, 0.6) is 5.75 Å². The fourth-order valence-electron chi connectivity index (χ4n) is 4.93. The van der Waals surface area contributed by atoms with Crippen molar-refractivity contribution in [2.75, 3.05) is 12.0 Å². The number of nitrogens with one attached hydrogen (secondary N) is 1. The molecule has 1 N–H and O–H groups in total. The van der Waals surface area contributed by atoms with Crippen molar-refractivity contribution in [1.29, 1.82) is 0 Å². The summed E-state index contributed by atoms with van der Waals surface area (Å²) in [5.74, 6) is 0.183. The molecule has 9 nitrogen and oxygen atoms in total. The number of nitrogens with zero attached hydrogens (tertiary/aromatic N) is 2. The minimum absolute atomic E-state index is 0.140. The second kappa shape index (κ2) is 8.96. The quantitative estimate of drug-likeness (QED) is 0.348. The number of aromatic nitrogens is 2. The van der Waals surface area contributed by atoms with Crippen LogP contribution in [0.3, 0.4) is 0 Å². The van der Waals surface area contributed by atoms with Gasteiger partial charge in [-0.15, -0.1) is 0 Å². The second-order valence-electron chi connectivity index (χ2n) is 11.6. The summed E-state index contributed by atoms with van der Waals surface area (Å²) in [5.41, 5.74) is 0.793. The molecule has 0 unspecified atom stereocenters. The van der Waals surface area contributed by atoms with E-state index in [1.165, 1.54) is 0 Å². The number of rotatable bonds is 4. The first-order valence-corrected chi connectivity index (χ1v) is 14.5. The standard InChI is InChI=1S/C28H31IN3O6/c1-26(2,3)37-24(34)29-22-17-10-8-15(12-20(17)30-31-22)19-14-28(19)18-13-16(36-7)9-11-21(18)32(23(28)33)25(35)38-27(4,5)6/h8-13,19H,14H2,1-7H3,(H,30,31)/q-1/t19-,28-/m0/s1. The average Bonchev–Trinajstić information content (AvgIpc) is 3.37. The van der Waals surface area contributed by atoms with Gasteiger partial charge in [0.15, 0.2) is 0 Å². The Morgan fingerprint density at radius 3 is 2.42 bits per heavy atom. The van der Waals surface area contributed by atoms with Crippen molar-refractivity contribution >= 4 is 32.6 Å². The molecule has 0 bridgehead atoms. The third-order valence-electron chi connectivity index (χ3n) is 6.54. The van der Waals surface area contributed by atoms with Crippen LogP contribution < -0.4 is 30.8 Å². The molecule has 2 atom stereocenters. The Morgan fingerprint density at radius 2 is 1.76 bits per heavy atom. The molecule has 2 heterocycles. The van der Waals surface area contributed by atoms with Crippen molar-refractivity contribution < 1.29 is 49.8 Å². The number of fused-ring (bicyclic) bond motifs is 3. The van der Waals surface area contributed by atoms with Gasteiger partial charge in [-0.05, 0) is 20.8 Å². The van der Waals surface area contributed by atoms with Crippen molar-refractivity contribution in [2.24, 2.45) is 0 Å². The Kier molecular flexibility index (Phi) is 6.24. The van der Waals surface area contributed by atoms with E-state index < -0.39 is 43.9 Å². The molecule has 10 heteroatoms. The molecule has 5 rings (SSSR count). The van der Waals surface area contributed by atoms with Crippen LogP contribution in [0.2, 0.25) is 0 Å². The molecular weight excluding hydrogens is 601 g/mol. The number of halogens is 1. The van der Waals surface area contributed by atoms with E-state index in [-0.39, 0.29) is 15.8 Å². The maximum absolute atomic E-state index is 13.9. The van der Waals surface area contributed by atoms with Crippen LogP contribution in [-0.4, -0.2) is 44.5 Å². The number of hydrogen-bond acceptors (Lipinski definition) is 7. The summed E-state index contributed by atoms with van der Waals surface area (Å²) in [5, 5.41) is 8.31. The van der Waals surface area contributed by atoms with E-state index in [9.17, 15) is 14.4 Å². The molecule has 38 heavy (non-hydrogen) atoms. The Balaban J connectivity index is 1.47. The molecule has 2 aliphatic rings. The van der Waals surface area contributed by atoms with Crippen molar-refractivity contribution in [3.05, 3.63) is 51.2 Å². The topological polar surface area (TPSA) is 111 Å². The van der Waals surface area contributed by atoms with Gasteiger partial charge in [-0.25, -0.2) is 0 Å². The summed E-state index contributed by atoms with van der Waals surface area (Å²) in [6.45, 7) is 10.9. The van der Waals surface area contributed by atoms with Crippen LogP contribution in [0, 0.1) is 3.70 Å². The van der Waals surface area contributed by atoms with Gasteiger partial charge in [-0.1, -0.05) is 0 Å². The Bertz CT molecular complexity index is 1470. The van der Waals surface area contributed by atoms with Crippen molar-refractivity contribution in [3.63, 3.8) is 0 Å². The third kappa shape index (κ3) is 4.63. The van der Waals surface area contributed by atoms with E-state index in [1.807, 2.05) is 45.0 Å². The number of methoxy groups -OCH3 is 1.